The number of carbonyl (C=O) groups excluding carboxylic acids is 2. The van der Waals surface area contributed by atoms with Crippen LogP contribution in [-0.4, -0.2) is 18.5 Å². The van der Waals surface area contributed by atoms with Crippen molar-refractivity contribution in [2.75, 3.05) is 11.9 Å². The van der Waals surface area contributed by atoms with Gasteiger partial charge in [0, 0.05) is 21.5 Å². The lowest BCUT2D eigenvalue weighted by Gasteiger charge is -2.06. The number of nitrogens with zero attached hydrogens (tertiary/aromatic N) is 1. The van der Waals surface area contributed by atoms with Crippen LogP contribution in [0, 0.1) is 25.2 Å². The molecule has 3 aromatic rings. The molecule has 0 aliphatic heterocycles. The van der Waals surface area contributed by atoms with Gasteiger partial charge in [0.1, 0.15) is 28.2 Å². The van der Waals surface area contributed by atoms with Gasteiger partial charge in [-0.05, 0) is 62.7 Å². The normalized spacial score (nSPS) is 11.1. The first-order valence-electron chi connectivity index (χ1n) is 9.40. The Morgan fingerprint density at radius 3 is 2.58 bits per heavy atom. The Kier molecular flexibility index (Phi) is 6.95. The second-order valence-electron chi connectivity index (χ2n) is 6.54. The first-order valence-corrected chi connectivity index (χ1v) is 10.6. The Labute approximate surface area is 188 Å². The standard InChI is InChI=1S/C23H19ClN2O4S/c1-4-29-23(28)20-13(2)14(3)31-22(20)26-21(27)16(12-25)11-18-9-10-19(30-18)15-5-7-17(24)8-6-15/h5-11H,4H2,1-3H3,(H,26,27). The molecule has 0 spiro atoms. The van der Waals surface area contributed by atoms with Gasteiger partial charge in [-0.3, -0.25) is 4.79 Å². The number of nitrogens with one attached hydrogen (secondary N) is 1. The van der Waals surface area contributed by atoms with E-state index in [-0.39, 0.29) is 12.2 Å². The maximum absolute atomic E-state index is 12.7. The molecule has 0 saturated carbocycles. The van der Waals surface area contributed by atoms with Crippen molar-refractivity contribution in [2.24, 2.45) is 0 Å². The van der Waals surface area contributed by atoms with Crippen LogP contribution in [0.3, 0.4) is 0 Å². The molecular weight excluding hydrogens is 436 g/mol. The Morgan fingerprint density at radius 2 is 1.94 bits per heavy atom. The number of anilines is 1. The van der Waals surface area contributed by atoms with Gasteiger partial charge >= 0.3 is 5.97 Å². The number of nitriles is 1. The molecule has 0 bridgehead atoms. The van der Waals surface area contributed by atoms with Crippen molar-refractivity contribution in [2.45, 2.75) is 20.8 Å². The van der Waals surface area contributed by atoms with Crippen molar-refractivity contribution in [1.29, 1.82) is 5.26 Å². The molecule has 0 atom stereocenters. The first-order chi connectivity index (χ1) is 14.8. The molecule has 1 N–H and O–H groups in total. The summed E-state index contributed by atoms with van der Waals surface area (Å²) in [4.78, 5) is 25.9. The lowest BCUT2D eigenvalue weighted by molar-refractivity contribution is -0.112. The van der Waals surface area contributed by atoms with Crippen LogP contribution >= 0.6 is 22.9 Å². The fourth-order valence-electron chi connectivity index (χ4n) is 2.83. The molecule has 1 amide bonds. The Balaban J connectivity index is 1.84. The summed E-state index contributed by atoms with van der Waals surface area (Å²) in [7, 11) is 0. The van der Waals surface area contributed by atoms with Gasteiger partial charge in [0.15, 0.2) is 0 Å². The monoisotopic (exact) mass is 454 g/mol. The molecule has 0 saturated heterocycles. The van der Waals surface area contributed by atoms with Crippen LogP contribution in [0.2, 0.25) is 5.02 Å². The second-order valence-corrected chi connectivity index (χ2v) is 8.20. The van der Waals surface area contributed by atoms with Gasteiger partial charge in [0.2, 0.25) is 0 Å². The zero-order valence-corrected chi connectivity index (χ0v) is 18.7. The molecule has 158 valence electrons. The van der Waals surface area contributed by atoms with E-state index in [9.17, 15) is 14.9 Å². The van der Waals surface area contributed by atoms with Crippen LogP contribution in [0.5, 0.6) is 0 Å². The van der Waals surface area contributed by atoms with Crippen molar-refractivity contribution in [3.8, 4) is 17.4 Å². The van der Waals surface area contributed by atoms with Crippen molar-refractivity contribution in [3.05, 3.63) is 68.8 Å². The average Bonchev–Trinajstić information content (AvgIpc) is 3.31. The molecule has 0 radical (unpaired) electrons. The third kappa shape index (κ3) is 5.05. The summed E-state index contributed by atoms with van der Waals surface area (Å²) in [5.41, 5.74) is 1.70. The minimum Gasteiger partial charge on any atom is -0.462 e. The second kappa shape index (κ2) is 9.65. The summed E-state index contributed by atoms with van der Waals surface area (Å²) in [6, 6.07) is 12.4. The number of esters is 1. The van der Waals surface area contributed by atoms with E-state index in [0.29, 0.717) is 27.1 Å². The molecule has 3 rings (SSSR count). The molecule has 0 fully saturated rings. The van der Waals surface area contributed by atoms with Crippen molar-refractivity contribution in [1.82, 2.24) is 0 Å². The number of rotatable bonds is 6. The van der Waals surface area contributed by atoms with Gasteiger partial charge in [-0.15, -0.1) is 11.3 Å². The number of amides is 1. The zero-order chi connectivity index (χ0) is 22.5. The van der Waals surface area contributed by atoms with Crippen LogP contribution in [0.15, 0.2) is 46.4 Å². The van der Waals surface area contributed by atoms with Crippen molar-refractivity contribution >= 4 is 45.9 Å². The number of benzene rings is 1. The van der Waals surface area contributed by atoms with Crippen molar-refractivity contribution in [3.63, 3.8) is 0 Å². The van der Waals surface area contributed by atoms with E-state index >= 15 is 0 Å². The van der Waals surface area contributed by atoms with Crippen LogP contribution in [0.1, 0.15) is 33.5 Å². The fourth-order valence-corrected chi connectivity index (χ4v) is 3.99. The summed E-state index contributed by atoms with van der Waals surface area (Å²) in [5, 5.41) is 13.1. The zero-order valence-electron chi connectivity index (χ0n) is 17.1. The predicted molar refractivity (Wildman–Crippen MR) is 121 cm³/mol. The van der Waals surface area contributed by atoms with E-state index < -0.39 is 11.9 Å². The maximum Gasteiger partial charge on any atom is 0.341 e. The quantitative estimate of drug-likeness (QED) is 0.280. The number of hydrogen-bond donors (Lipinski definition) is 1. The molecule has 2 aromatic heterocycles. The lowest BCUT2D eigenvalue weighted by Crippen LogP contribution is -2.16. The number of hydrogen-bond acceptors (Lipinski definition) is 6. The molecule has 8 heteroatoms. The molecule has 2 heterocycles. The molecule has 0 unspecified atom stereocenters. The number of aryl methyl sites for hydroxylation is 1. The number of ether oxygens (including phenoxy) is 1. The van der Waals surface area contributed by atoms with Gasteiger partial charge in [-0.2, -0.15) is 5.26 Å². The van der Waals surface area contributed by atoms with E-state index in [1.807, 2.05) is 25.1 Å². The molecule has 31 heavy (non-hydrogen) atoms. The average molecular weight is 455 g/mol. The molecule has 6 nitrogen and oxygen atoms in total. The maximum atomic E-state index is 12.7. The lowest BCUT2D eigenvalue weighted by atomic mass is 10.1. The van der Waals surface area contributed by atoms with Crippen LogP contribution in [0.4, 0.5) is 5.00 Å². The van der Waals surface area contributed by atoms with E-state index in [2.05, 4.69) is 5.32 Å². The fraction of sp³-hybridized carbons (Fsp3) is 0.174. The Hall–Kier alpha value is -3.34. The van der Waals surface area contributed by atoms with E-state index in [1.54, 1.807) is 38.1 Å². The largest absolute Gasteiger partial charge is 0.462 e. The smallest absolute Gasteiger partial charge is 0.341 e. The molecule has 1 aromatic carbocycles. The molecule has 0 aliphatic rings. The summed E-state index contributed by atoms with van der Waals surface area (Å²) < 4.78 is 10.8. The summed E-state index contributed by atoms with van der Waals surface area (Å²) >= 11 is 7.16. The number of halogens is 1. The highest BCUT2D eigenvalue weighted by Crippen LogP contribution is 2.33. The van der Waals surface area contributed by atoms with Gasteiger partial charge in [0.05, 0.1) is 12.2 Å². The molecular formula is C23H19ClN2O4S. The minimum atomic E-state index is -0.640. The highest BCUT2D eigenvalue weighted by atomic mass is 35.5. The van der Waals surface area contributed by atoms with Crippen molar-refractivity contribution < 1.29 is 18.7 Å². The highest BCUT2D eigenvalue weighted by molar-refractivity contribution is 7.16. The summed E-state index contributed by atoms with van der Waals surface area (Å²) in [6.45, 7) is 5.57. The van der Waals surface area contributed by atoms with Gasteiger partial charge in [0.25, 0.3) is 5.91 Å². The Morgan fingerprint density at radius 1 is 1.23 bits per heavy atom. The van der Waals surface area contributed by atoms with Gasteiger partial charge in [-0.25, -0.2) is 4.79 Å². The predicted octanol–water partition coefficient (Wildman–Crippen LogP) is 6.00. The first kappa shape index (κ1) is 22.3. The van der Waals surface area contributed by atoms with E-state index in [1.165, 1.54) is 17.4 Å². The topological polar surface area (TPSA) is 92.3 Å². The Bertz CT molecular complexity index is 1200. The number of thiophene rings is 1. The van der Waals surface area contributed by atoms with Gasteiger partial charge in [-0.1, -0.05) is 11.6 Å². The molecule has 0 aliphatic carbocycles. The number of carbonyl (C=O) groups is 2. The minimum absolute atomic E-state index is 0.157. The van der Waals surface area contributed by atoms with Crippen LogP contribution in [-0.2, 0) is 9.53 Å². The van der Waals surface area contributed by atoms with E-state index in [4.69, 9.17) is 20.8 Å². The van der Waals surface area contributed by atoms with Crippen LogP contribution < -0.4 is 5.32 Å². The summed E-state index contributed by atoms with van der Waals surface area (Å²) in [6.07, 6.45) is 1.35. The third-order valence-corrected chi connectivity index (χ3v) is 5.87. The van der Waals surface area contributed by atoms with Gasteiger partial charge < -0.3 is 14.5 Å². The number of furan rings is 1. The van der Waals surface area contributed by atoms with E-state index in [0.717, 1.165) is 16.0 Å². The highest BCUT2D eigenvalue weighted by Gasteiger charge is 2.23. The summed E-state index contributed by atoms with van der Waals surface area (Å²) in [5.74, 6) is -0.227. The van der Waals surface area contributed by atoms with Crippen LogP contribution in [0.25, 0.3) is 17.4 Å². The third-order valence-electron chi connectivity index (χ3n) is 4.50. The SMILES string of the molecule is CCOC(=O)c1c(NC(=O)C(C#N)=Cc2ccc(-c3ccc(Cl)cc3)o2)sc(C)c1C.